The summed E-state index contributed by atoms with van der Waals surface area (Å²) >= 11 is 0. The summed E-state index contributed by atoms with van der Waals surface area (Å²) in [5, 5.41) is 13.8. The molecule has 0 spiro atoms. The Bertz CT molecular complexity index is 2990. The first-order chi connectivity index (χ1) is 24.8. The van der Waals surface area contributed by atoms with Crippen LogP contribution in [0.2, 0.25) is 0 Å². The maximum absolute atomic E-state index is 5.49. The van der Waals surface area contributed by atoms with Gasteiger partial charge in [0.1, 0.15) is 0 Å². The van der Waals surface area contributed by atoms with Crippen LogP contribution in [0.15, 0.2) is 180 Å². The van der Waals surface area contributed by atoms with Gasteiger partial charge in [-0.25, -0.2) is 4.99 Å². The quantitative estimate of drug-likeness (QED) is 0.201. The highest BCUT2D eigenvalue weighted by molar-refractivity contribution is 6.40. The van der Waals surface area contributed by atoms with Gasteiger partial charge in [0.2, 0.25) is 5.96 Å². The summed E-state index contributed by atoms with van der Waals surface area (Å²) in [6.07, 6.45) is 8.65. The number of para-hydroxylation sites is 2. The van der Waals surface area contributed by atoms with Crippen LogP contribution >= 0.6 is 0 Å². The molecular weight excluding hydrogens is 609 g/mol. The molecule has 234 valence electrons. The van der Waals surface area contributed by atoms with E-state index in [0.717, 1.165) is 33.9 Å². The van der Waals surface area contributed by atoms with E-state index in [4.69, 9.17) is 4.99 Å². The molecule has 9 aromatic rings. The molecule has 0 fully saturated rings. The van der Waals surface area contributed by atoms with E-state index in [1.165, 1.54) is 59.7 Å². The molecule has 3 heterocycles. The molecule has 1 aliphatic heterocycles. The minimum atomic E-state index is -0.00366. The van der Waals surface area contributed by atoms with Gasteiger partial charge in [-0.15, -0.1) is 0 Å². The molecule has 7 aromatic carbocycles. The highest BCUT2D eigenvalue weighted by Gasteiger charge is 2.29. The molecule has 2 aromatic heterocycles. The van der Waals surface area contributed by atoms with Crippen molar-refractivity contribution in [1.82, 2.24) is 14.5 Å². The first kappa shape index (κ1) is 27.3. The van der Waals surface area contributed by atoms with E-state index in [9.17, 15) is 0 Å². The third-order valence-corrected chi connectivity index (χ3v) is 10.5. The summed E-state index contributed by atoms with van der Waals surface area (Å²) in [5.41, 5.74) is 9.09. The number of fused-ring (bicyclic) bond motifs is 13. The fourth-order valence-electron chi connectivity index (χ4n) is 8.44. The van der Waals surface area contributed by atoms with Crippen molar-refractivity contribution in [2.24, 2.45) is 4.99 Å². The second-order valence-electron chi connectivity index (χ2n) is 13.2. The fraction of sp³-hybridized carbons (Fsp3) is 0.0217. The lowest BCUT2D eigenvalue weighted by molar-refractivity contribution is 0.805. The molecule has 1 aliphatic carbocycles. The van der Waals surface area contributed by atoms with Crippen LogP contribution < -0.4 is 5.32 Å². The molecule has 50 heavy (non-hydrogen) atoms. The van der Waals surface area contributed by atoms with Crippen molar-refractivity contribution < 1.29 is 0 Å². The van der Waals surface area contributed by atoms with Crippen molar-refractivity contribution in [2.45, 2.75) is 6.04 Å². The van der Waals surface area contributed by atoms with Gasteiger partial charge < -0.3 is 9.88 Å². The Morgan fingerprint density at radius 1 is 0.500 bits per heavy atom. The predicted octanol–water partition coefficient (Wildman–Crippen LogP) is 10.9. The molecular formula is C46H30N4. The van der Waals surface area contributed by atoms with Gasteiger partial charge >= 0.3 is 0 Å². The summed E-state index contributed by atoms with van der Waals surface area (Å²) in [6.45, 7) is 0. The number of rotatable bonds is 2. The summed E-state index contributed by atoms with van der Waals surface area (Å²) in [4.78, 5) is 5.49. The van der Waals surface area contributed by atoms with Crippen molar-refractivity contribution in [1.29, 1.82) is 0 Å². The zero-order valence-electron chi connectivity index (χ0n) is 27.1. The minimum Gasteiger partial charge on any atom is -0.345 e. The van der Waals surface area contributed by atoms with Gasteiger partial charge in [0.15, 0.2) is 0 Å². The van der Waals surface area contributed by atoms with Gasteiger partial charge in [-0.2, -0.15) is 0 Å². The maximum Gasteiger partial charge on any atom is 0.209 e. The van der Waals surface area contributed by atoms with Gasteiger partial charge in [-0.05, 0) is 40.4 Å². The highest BCUT2D eigenvalue weighted by atomic mass is 15.2. The van der Waals surface area contributed by atoms with Crippen molar-refractivity contribution in [3.05, 3.63) is 181 Å². The molecule has 0 radical (unpaired) electrons. The van der Waals surface area contributed by atoms with Gasteiger partial charge in [0.05, 0.1) is 33.8 Å². The van der Waals surface area contributed by atoms with Crippen molar-refractivity contribution >= 4 is 76.8 Å². The lowest BCUT2D eigenvalue weighted by Gasteiger charge is -2.29. The molecule has 1 atom stereocenters. The van der Waals surface area contributed by atoms with E-state index in [2.05, 4.69) is 184 Å². The van der Waals surface area contributed by atoms with E-state index in [-0.39, 0.29) is 6.04 Å². The number of benzene rings is 7. The van der Waals surface area contributed by atoms with Gasteiger partial charge in [-0.3, -0.25) is 4.57 Å². The van der Waals surface area contributed by atoms with Crippen LogP contribution in [0.1, 0.15) is 5.56 Å². The zero-order chi connectivity index (χ0) is 32.8. The molecule has 4 heteroatoms. The number of nitrogens with one attached hydrogen (secondary N) is 1. The number of nitrogens with zero attached hydrogens (tertiary/aromatic N) is 3. The molecule has 0 saturated carbocycles. The minimum absolute atomic E-state index is 0.00366. The first-order valence-corrected chi connectivity index (χ1v) is 17.2. The molecule has 1 unspecified atom stereocenters. The van der Waals surface area contributed by atoms with Gasteiger partial charge in [0.25, 0.3) is 0 Å². The third-order valence-electron chi connectivity index (χ3n) is 10.5. The van der Waals surface area contributed by atoms with Gasteiger partial charge in [-0.1, -0.05) is 146 Å². The van der Waals surface area contributed by atoms with Gasteiger partial charge in [0, 0.05) is 43.8 Å². The second-order valence-corrected chi connectivity index (χ2v) is 13.2. The Morgan fingerprint density at radius 2 is 1.20 bits per heavy atom. The van der Waals surface area contributed by atoms with Crippen LogP contribution in [-0.4, -0.2) is 21.1 Å². The lowest BCUT2D eigenvalue weighted by Crippen LogP contribution is -2.42. The Labute approximate surface area is 288 Å². The largest absolute Gasteiger partial charge is 0.345 e. The SMILES string of the molecule is C1=CC2=C(c3ccccc3)N=C(n3c4ccccc4c4c3c3ccccc3c3c5c6ccccc6ccc5n(-c5ccccc5)c34)NC2C=C1. The molecule has 4 nitrogen and oxygen atoms in total. The number of aliphatic imine (C=N–C) groups is 1. The van der Waals surface area contributed by atoms with Crippen LogP contribution in [0, 0.1) is 0 Å². The molecule has 11 rings (SSSR count). The summed E-state index contributed by atoms with van der Waals surface area (Å²) in [6, 6.07) is 52.5. The Morgan fingerprint density at radius 3 is 2.04 bits per heavy atom. The average Bonchev–Trinajstić information content (AvgIpc) is 3.72. The second kappa shape index (κ2) is 10.4. The predicted molar refractivity (Wildman–Crippen MR) is 210 cm³/mol. The van der Waals surface area contributed by atoms with Crippen LogP contribution in [0.4, 0.5) is 0 Å². The topological polar surface area (TPSA) is 34.2 Å². The summed E-state index contributed by atoms with van der Waals surface area (Å²) in [7, 11) is 0. The number of aromatic nitrogens is 2. The number of hydrogen-bond acceptors (Lipinski definition) is 2. The maximum atomic E-state index is 5.49. The van der Waals surface area contributed by atoms with Crippen molar-refractivity contribution in [3.8, 4) is 5.69 Å². The van der Waals surface area contributed by atoms with Crippen LogP contribution in [0.25, 0.3) is 76.5 Å². The Kier molecular flexibility index (Phi) is 5.69. The highest BCUT2D eigenvalue weighted by Crippen LogP contribution is 2.47. The Balaban J connectivity index is 1.38. The summed E-state index contributed by atoms with van der Waals surface area (Å²) in [5.74, 6) is 0.820. The van der Waals surface area contributed by atoms with E-state index in [0.29, 0.717) is 0 Å². The number of allylic oxidation sites excluding steroid dienone is 2. The molecule has 0 saturated heterocycles. The smallest absolute Gasteiger partial charge is 0.209 e. The van der Waals surface area contributed by atoms with E-state index in [1.54, 1.807) is 0 Å². The zero-order valence-corrected chi connectivity index (χ0v) is 27.1. The van der Waals surface area contributed by atoms with Crippen LogP contribution in [0.3, 0.4) is 0 Å². The lowest BCUT2D eigenvalue weighted by atomic mass is 9.95. The monoisotopic (exact) mass is 638 g/mol. The number of hydrogen-bond donors (Lipinski definition) is 1. The normalized spacial score (nSPS) is 15.8. The standard InChI is InChI=1S/C46H30N4/c1-3-16-30(17-4-1)43-35-23-11-13-25-37(35)47-46(48-43)50-38-26-14-12-24-36(38)42-44(50)34-22-10-9-21-33(34)41-40-32-20-8-7-15-29(32)27-28-39(40)49(45(41)42)31-18-5-2-6-19-31/h1-28,37H,(H,47,48). The Hall–Kier alpha value is -6.65. The van der Waals surface area contributed by atoms with E-state index < -0.39 is 0 Å². The molecule has 2 aliphatic rings. The third kappa shape index (κ3) is 3.73. The molecule has 0 bridgehead atoms. The van der Waals surface area contributed by atoms with Crippen LogP contribution in [-0.2, 0) is 0 Å². The van der Waals surface area contributed by atoms with E-state index in [1.807, 2.05) is 0 Å². The molecule has 0 amide bonds. The van der Waals surface area contributed by atoms with Crippen molar-refractivity contribution in [2.75, 3.05) is 0 Å². The summed E-state index contributed by atoms with van der Waals surface area (Å²) < 4.78 is 4.87. The molecule has 1 N–H and O–H groups in total. The van der Waals surface area contributed by atoms with Crippen LogP contribution in [0.5, 0.6) is 0 Å². The average molecular weight is 639 g/mol. The van der Waals surface area contributed by atoms with E-state index >= 15 is 0 Å². The van der Waals surface area contributed by atoms with Crippen molar-refractivity contribution in [3.63, 3.8) is 0 Å². The first-order valence-electron chi connectivity index (χ1n) is 17.2. The fourth-order valence-corrected chi connectivity index (χ4v) is 8.44.